The van der Waals surface area contributed by atoms with Crippen LogP contribution in [0, 0.1) is 16.0 Å². The van der Waals surface area contributed by atoms with E-state index in [0.717, 1.165) is 16.7 Å². The lowest BCUT2D eigenvalue weighted by Gasteiger charge is -2.12. The smallest absolute Gasteiger partial charge is 0.293 e. The molecule has 1 aliphatic carbocycles. The summed E-state index contributed by atoms with van der Waals surface area (Å²) in [7, 11) is 0. The molecule has 1 aliphatic heterocycles. The minimum absolute atomic E-state index is 0.0210. The van der Waals surface area contributed by atoms with E-state index in [9.17, 15) is 24.5 Å². The number of carbonyl (C=O) groups is 3. The fourth-order valence-electron chi connectivity index (χ4n) is 2.58. The number of nitrogens with one attached hydrogen (secondary N) is 1. The number of hydrogen-bond acceptors (Lipinski definition) is 6. The van der Waals surface area contributed by atoms with Crippen LogP contribution in [-0.4, -0.2) is 46.0 Å². The van der Waals surface area contributed by atoms with Crippen molar-refractivity contribution < 1.29 is 19.3 Å². The highest BCUT2D eigenvalue weighted by Crippen LogP contribution is 2.35. The van der Waals surface area contributed by atoms with Crippen LogP contribution >= 0.6 is 35.0 Å². The van der Waals surface area contributed by atoms with Crippen LogP contribution in [0.15, 0.2) is 23.1 Å². The monoisotopic (exact) mass is 429 g/mol. The molecule has 2 atom stereocenters. The molecule has 2 aliphatic rings. The van der Waals surface area contributed by atoms with E-state index in [1.54, 1.807) is 18.2 Å². The van der Waals surface area contributed by atoms with Gasteiger partial charge in [-0.15, -0.1) is 0 Å². The first-order chi connectivity index (χ1) is 12.8. The number of benzene rings is 1. The minimum atomic E-state index is -0.840. The van der Waals surface area contributed by atoms with Gasteiger partial charge in [0.1, 0.15) is 5.92 Å². The maximum absolute atomic E-state index is 12.4. The largest absolute Gasteiger partial charge is 0.354 e. The molecule has 0 aromatic heterocycles. The third kappa shape index (κ3) is 4.26. The van der Waals surface area contributed by atoms with Crippen LogP contribution in [-0.2, 0) is 9.59 Å². The van der Waals surface area contributed by atoms with Gasteiger partial charge in [0.05, 0.1) is 15.0 Å². The number of thioether (sulfide) groups is 1. The van der Waals surface area contributed by atoms with Crippen molar-refractivity contribution in [2.24, 2.45) is 5.92 Å². The maximum Gasteiger partial charge on any atom is 0.293 e. The van der Waals surface area contributed by atoms with Gasteiger partial charge in [0.2, 0.25) is 11.9 Å². The van der Waals surface area contributed by atoms with E-state index in [1.165, 1.54) is 6.08 Å². The van der Waals surface area contributed by atoms with Crippen LogP contribution in [0.25, 0.3) is 6.08 Å². The Labute approximate surface area is 168 Å². The van der Waals surface area contributed by atoms with Crippen molar-refractivity contribution in [2.75, 3.05) is 13.1 Å². The van der Waals surface area contributed by atoms with Crippen molar-refractivity contribution >= 4 is 58.1 Å². The molecule has 142 valence electrons. The molecule has 27 heavy (non-hydrogen) atoms. The summed E-state index contributed by atoms with van der Waals surface area (Å²) in [6.45, 7) is 0.00981. The number of nitro groups is 1. The van der Waals surface area contributed by atoms with Crippen LogP contribution in [0.1, 0.15) is 12.0 Å². The number of hydrogen-bond donors (Lipinski definition) is 1. The third-order valence-electron chi connectivity index (χ3n) is 4.14. The average molecular weight is 430 g/mol. The quantitative estimate of drug-likeness (QED) is 0.422. The molecule has 2 unspecified atom stereocenters. The lowest BCUT2D eigenvalue weighted by molar-refractivity contribution is -0.497. The highest BCUT2D eigenvalue weighted by atomic mass is 35.5. The molecule has 0 bridgehead atoms. The van der Waals surface area contributed by atoms with Gasteiger partial charge in [-0.3, -0.25) is 29.4 Å². The first-order valence-corrected chi connectivity index (χ1v) is 9.47. The standard InChI is InChI=1S/C16H13Cl2N3O5S/c17-10-3-1-2-8(13(10)18)6-12-15(23)20(16(24)27-12)5-4-19-14(22)9-7-11(9)21(25)26/h1-3,6,9,11H,4-5,7H2,(H,19,22). The number of imide groups is 1. The molecule has 0 radical (unpaired) electrons. The molecular weight excluding hydrogens is 417 g/mol. The molecule has 0 spiro atoms. The van der Waals surface area contributed by atoms with Gasteiger partial charge in [0, 0.05) is 24.4 Å². The fraction of sp³-hybridized carbons (Fsp3) is 0.312. The maximum atomic E-state index is 12.4. The summed E-state index contributed by atoms with van der Waals surface area (Å²) >= 11 is 12.8. The van der Waals surface area contributed by atoms with Gasteiger partial charge in [-0.1, -0.05) is 35.3 Å². The number of rotatable bonds is 6. The van der Waals surface area contributed by atoms with Crippen molar-refractivity contribution in [1.82, 2.24) is 10.2 Å². The summed E-state index contributed by atoms with van der Waals surface area (Å²) in [4.78, 5) is 47.6. The van der Waals surface area contributed by atoms with E-state index in [-0.39, 0.29) is 29.4 Å². The molecule has 8 nitrogen and oxygen atoms in total. The Balaban J connectivity index is 1.58. The summed E-state index contributed by atoms with van der Waals surface area (Å²) < 4.78 is 0. The second-order valence-electron chi connectivity index (χ2n) is 5.96. The summed E-state index contributed by atoms with van der Waals surface area (Å²) in [6.07, 6.45) is 1.70. The Kier molecular flexibility index (Phi) is 5.73. The van der Waals surface area contributed by atoms with Gasteiger partial charge in [0.15, 0.2) is 0 Å². The summed E-state index contributed by atoms with van der Waals surface area (Å²) in [5.41, 5.74) is 0.516. The Hall–Kier alpha value is -2.10. The lowest BCUT2D eigenvalue weighted by atomic mass is 10.2. The molecule has 1 aromatic carbocycles. The topological polar surface area (TPSA) is 110 Å². The Morgan fingerprint density at radius 1 is 1.41 bits per heavy atom. The zero-order valence-corrected chi connectivity index (χ0v) is 16.0. The molecule has 2 fully saturated rings. The highest BCUT2D eigenvalue weighted by Gasteiger charge is 2.53. The second kappa shape index (κ2) is 7.87. The summed E-state index contributed by atoms with van der Waals surface area (Å²) in [5, 5.41) is 13.2. The second-order valence-corrected chi connectivity index (χ2v) is 7.74. The summed E-state index contributed by atoms with van der Waals surface area (Å²) in [6, 6.07) is 4.12. The van der Waals surface area contributed by atoms with E-state index in [0.29, 0.717) is 10.6 Å². The Morgan fingerprint density at radius 3 is 2.81 bits per heavy atom. The zero-order valence-electron chi connectivity index (χ0n) is 13.7. The first kappa shape index (κ1) is 19.7. The van der Waals surface area contributed by atoms with Crippen LogP contribution in [0.2, 0.25) is 10.0 Å². The predicted octanol–water partition coefficient (Wildman–Crippen LogP) is 2.81. The highest BCUT2D eigenvalue weighted by molar-refractivity contribution is 8.18. The van der Waals surface area contributed by atoms with Crippen LogP contribution < -0.4 is 5.32 Å². The third-order valence-corrected chi connectivity index (χ3v) is 5.88. The van der Waals surface area contributed by atoms with Gasteiger partial charge in [-0.05, 0) is 29.5 Å². The zero-order chi connectivity index (χ0) is 19.7. The van der Waals surface area contributed by atoms with E-state index in [1.807, 2.05) is 0 Å². The molecule has 1 heterocycles. The number of amides is 3. The Morgan fingerprint density at radius 2 is 2.15 bits per heavy atom. The number of halogens is 2. The van der Waals surface area contributed by atoms with Crippen molar-refractivity contribution in [1.29, 1.82) is 0 Å². The first-order valence-electron chi connectivity index (χ1n) is 7.90. The van der Waals surface area contributed by atoms with Crippen LogP contribution in [0.4, 0.5) is 4.79 Å². The van der Waals surface area contributed by atoms with Crippen molar-refractivity contribution in [3.63, 3.8) is 0 Å². The number of carbonyl (C=O) groups excluding carboxylic acids is 3. The van der Waals surface area contributed by atoms with Gasteiger partial charge in [-0.25, -0.2) is 0 Å². The fourth-order valence-corrected chi connectivity index (χ4v) is 3.80. The lowest BCUT2D eigenvalue weighted by Crippen LogP contribution is -2.38. The summed E-state index contributed by atoms with van der Waals surface area (Å²) in [5.74, 6) is -1.57. The molecular formula is C16H13Cl2N3O5S. The van der Waals surface area contributed by atoms with Gasteiger partial charge >= 0.3 is 0 Å². The minimum Gasteiger partial charge on any atom is -0.354 e. The molecule has 1 saturated carbocycles. The van der Waals surface area contributed by atoms with Crippen molar-refractivity contribution in [3.05, 3.63) is 48.8 Å². The molecule has 11 heteroatoms. The van der Waals surface area contributed by atoms with Gasteiger partial charge in [0.25, 0.3) is 11.1 Å². The van der Waals surface area contributed by atoms with E-state index in [2.05, 4.69) is 5.32 Å². The average Bonchev–Trinajstić information content (AvgIpc) is 3.37. The van der Waals surface area contributed by atoms with Crippen LogP contribution in [0.3, 0.4) is 0 Å². The van der Waals surface area contributed by atoms with E-state index in [4.69, 9.17) is 23.2 Å². The van der Waals surface area contributed by atoms with E-state index < -0.39 is 33.9 Å². The molecule has 3 amide bonds. The van der Waals surface area contributed by atoms with Crippen molar-refractivity contribution in [3.8, 4) is 0 Å². The van der Waals surface area contributed by atoms with Gasteiger partial charge < -0.3 is 5.32 Å². The van der Waals surface area contributed by atoms with Crippen molar-refractivity contribution in [2.45, 2.75) is 12.5 Å². The van der Waals surface area contributed by atoms with Crippen LogP contribution in [0.5, 0.6) is 0 Å². The number of nitrogens with zero attached hydrogens (tertiary/aromatic N) is 2. The molecule has 1 aromatic rings. The molecule has 3 rings (SSSR count). The molecule has 1 N–H and O–H groups in total. The normalized spacial score (nSPS) is 23.0. The SMILES string of the molecule is O=C(NCCN1C(=O)SC(=Cc2cccc(Cl)c2Cl)C1=O)C1CC1[N+](=O)[O-]. The van der Waals surface area contributed by atoms with Gasteiger partial charge in [-0.2, -0.15) is 0 Å². The Bertz CT molecular complexity index is 876. The predicted molar refractivity (Wildman–Crippen MR) is 101 cm³/mol. The molecule has 1 saturated heterocycles. The van der Waals surface area contributed by atoms with E-state index >= 15 is 0 Å².